The van der Waals surface area contributed by atoms with Gasteiger partial charge in [-0.2, -0.15) is 0 Å². The fourth-order valence-electron chi connectivity index (χ4n) is 3.19. The van der Waals surface area contributed by atoms with Crippen molar-refractivity contribution in [2.45, 2.75) is 18.9 Å². The maximum Gasteiger partial charge on any atom is 0.251 e. The zero-order chi connectivity index (χ0) is 18.5. The number of hydrogen-bond donors (Lipinski definition) is 1. The van der Waals surface area contributed by atoms with E-state index in [9.17, 15) is 4.79 Å². The molecule has 2 saturated heterocycles. The number of rotatable bonds is 4. The van der Waals surface area contributed by atoms with E-state index < -0.39 is 0 Å². The molecule has 2 fully saturated rings. The third kappa shape index (κ3) is 4.37. The zero-order valence-corrected chi connectivity index (χ0v) is 16.0. The molecule has 3 rings (SSSR count). The molecule has 142 valence electrons. The van der Waals surface area contributed by atoms with Crippen molar-refractivity contribution in [2.75, 3.05) is 52.3 Å². The number of carbonyl (C=O) groups is 1. The third-order valence-electron chi connectivity index (χ3n) is 4.69. The average molecular weight is 379 g/mol. The van der Waals surface area contributed by atoms with Crippen LogP contribution in [-0.4, -0.2) is 73.9 Å². The van der Waals surface area contributed by atoms with E-state index in [0.717, 1.165) is 18.5 Å². The summed E-state index contributed by atoms with van der Waals surface area (Å²) in [5.74, 6) is 1.50. The monoisotopic (exact) mass is 379 g/mol. The van der Waals surface area contributed by atoms with Crippen LogP contribution in [0.25, 0.3) is 0 Å². The lowest BCUT2D eigenvalue weighted by Gasteiger charge is -2.37. The van der Waals surface area contributed by atoms with Gasteiger partial charge in [0.25, 0.3) is 5.91 Å². The number of hydrogen-bond acceptors (Lipinski definition) is 5. The number of thiocarbonyl (C=S) groups is 1. The first-order valence-electron chi connectivity index (χ1n) is 8.80. The van der Waals surface area contributed by atoms with Crippen LogP contribution in [0.1, 0.15) is 12.8 Å². The van der Waals surface area contributed by atoms with Gasteiger partial charge in [0.05, 0.1) is 14.2 Å². The molecule has 1 aromatic rings. The molecular weight excluding hydrogens is 354 g/mol. The van der Waals surface area contributed by atoms with Gasteiger partial charge in [-0.3, -0.25) is 4.79 Å². The Morgan fingerprint density at radius 3 is 2.27 bits per heavy atom. The molecule has 0 aliphatic carbocycles. The molecule has 0 aromatic heterocycles. The first-order valence-corrected chi connectivity index (χ1v) is 9.21. The number of benzene rings is 1. The molecule has 1 atom stereocenters. The molecule has 0 saturated carbocycles. The molecule has 1 amide bonds. The second kappa shape index (κ2) is 8.55. The van der Waals surface area contributed by atoms with E-state index in [1.54, 1.807) is 14.2 Å². The molecule has 0 spiro atoms. The van der Waals surface area contributed by atoms with Crippen molar-refractivity contribution in [3.63, 3.8) is 0 Å². The highest BCUT2D eigenvalue weighted by Gasteiger charge is 2.30. The summed E-state index contributed by atoms with van der Waals surface area (Å²) in [5.41, 5.74) is 0.809. The average Bonchev–Trinajstić information content (AvgIpc) is 3.22. The van der Waals surface area contributed by atoms with Crippen LogP contribution < -0.4 is 14.8 Å². The number of amides is 1. The lowest BCUT2D eigenvalue weighted by Crippen LogP contribution is -2.53. The molecule has 7 nitrogen and oxygen atoms in total. The molecule has 0 bridgehead atoms. The predicted molar refractivity (Wildman–Crippen MR) is 103 cm³/mol. The van der Waals surface area contributed by atoms with Crippen LogP contribution in [0.2, 0.25) is 0 Å². The molecule has 26 heavy (non-hydrogen) atoms. The van der Waals surface area contributed by atoms with Gasteiger partial charge >= 0.3 is 0 Å². The van der Waals surface area contributed by atoms with E-state index in [0.29, 0.717) is 49.4 Å². The van der Waals surface area contributed by atoms with Gasteiger partial charge in [0, 0.05) is 56.7 Å². The number of nitrogens with one attached hydrogen (secondary N) is 1. The predicted octanol–water partition coefficient (Wildman–Crippen LogP) is 1.72. The van der Waals surface area contributed by atoms with Crippen molar-refractivity contribution in [3.05, 3.63) is 18.2 Å². The number of nitrogens with zero attached hydrogens (tertiary/aromatic N) is 2. The Balaban J connectivity index is 1.54. The van der Waals surface area contributed by atoms with Gasteiger partial charge in [-0.25, -0.2) is 0 Å². The fourth-order valence-corrected chi connectivity index (χ4v) is 3.49. The standard InChI is InChI=1S/C18H25N3O4S/c1-23-14-10-13(11-15(12-14)24-2)19-18(26)21-7-5-20(6-8-21)17(22)16-4-3-9-25-16/h10-12,16H,3-9H2,1-2H3,(H,19,26)/t16-/m0/s1. The Hall–Kier alpha value is -2.06. The van der Waals surface area contributed by atoms with E-state index in [1.165, 1.54) is 0 Å². The van der Waals surface area contributed by atoms with Crippen LogP contribution in [0.5, 0.6) is 11.5 Å². The molecule has 0 radical (unpaired) electrons. The SMILES string of the molecule is COc1cc(NC(=S)N2CCN(C(=O)[C@@H]3CCCO3)CC2)cc(OC)c1. The van der Waals surface area contributed by atoms with Crippen LogP contribution >= 0.6 is 12.2 Å². The van der Waals surface area contributed by atoms with Crippen LogP contribution in [0.3, 0.4) is 0 Å². The van der Waals surface area contributed by atoms with Gasteiger partial charge in [-0.05, 0) is 25.1 Å². The highest BCUT2D eigenvalue weighted by Crippen LogP contribution is 2.26. The molecule has 8 heteroatoms. The van der Waals surface area contributed by atoms with Crippen molar-refractivity contribution in [1.82, 2.24) is 9.80 Å². The third-order valence-corrected chi connectivity index (χ3v) is 5.05. The van der Waals surface area contributed by atoms with Gasteiger partial charge in [0.2, 0.25) is 0 Å². The molecule has 1 aromatic carbocycles. The summed E-state index contributed by atoms with van der Waals surface area (Å²) in [6.07, 6.45) is 1.54. The van der Waals surface area contributed by atoms with Crippen LogP contribution in [0.15, 0.2) is 18.2 Å². The van der Waals surface area contributed by atoms with Gasteiger partial charge in [-0.1, -0.05) is 0 Å². The summed E-state index contributed by atoms with van der Waals surface area (Å²) in [5, 5.41) is 3.86. The first-order chi connectivity index (χ1) is 12.6. The number of anilines is 1. The minimum absolute atomic E-state index is 0.110. The Bertz CT molecular complexity index is 634. The van der Waals surface area contributed by atoms with Gasteiger partial charge < -0.3 is 29.3 Å². The van der Waals surface area contributed by atoms with E-state index in [4.69, 9.17) is 26.4 Å². The number of carbonyl (C=O) groups excluding carboxylic acids is 1. The second-order valence-corrected chi connectivity index (χ2v) is 6.73. The Kier molecular flexibility index (Phi) is 6.16. The smallest absolute Gasteiger partial charge is 0.251 e. The largest absolute Gasteiger partial charge is 0.497 e. The number of piperazine rings is 1. The molecule has 0 unspecified atom stereocenters. The topological polar surface area (TPSA) is 63.3 Å². The summed E-state index contributed by atoms with van der Waals surface area (Å²) in [6.45, 7) is 3.40. The maximum absolute atomic E-state index is 12.4. The summed E-state index contributed by atoms with van der Waals surface area (Å²) < 4.78 is 16.1. The molecule has 2 aliphatic heterocycles. The van der Waals surface area contributed by atoms with Crippen molar-refractivity contribution < 1.29 is 19.0 Å². The number of ether oxygens (including phenoxy) is 3. The number of methoxy groups -OCH3 is 2. The lowest BCUT2D eigenvalue weighted by atomic mass is 10.2. The van der Waals surface area contributed by atoms with Crippen LogP contribution in [-0.2, 0) is 9.53 Å². The Morgan fingerprint density at radius 1 is 1.12 bits per heavy atom. The minimum Gasteiger partial charge on any atom is -0.497 e. The minimum atomic E-state index is -0.254. The van der Waals surface area contributed by atoms with Crippen LogP contribution in [0.4, 0.5) is 5.69 Å². The molecule has 1 N–H and O–H groups in total. The highest BCUT2D eigenvalue weighted by molar-refractivity contribution is 7.80. The van der Waals surface area contributed by atoms with Gasteiger partial charge in [0.15, 0.2) is 5.11 Å². The van der Waals surface area contributed by atoms with E-state index in [-0.39, 0.29) is 12.0 Å². The molecular formula is C18H25N3O4S. The maximum atomic E-state index is 12.4. The highest BCUT2D eigenvalue weighted by atomic mass is 32.1. The van der Waals surface area contributed by atoms with E-state index in [2.05, 4.69) is 10.2 Å². The molecule has 2 aliphatic rings. The first kappa shape index (κ1) is 18.7. The summed E-state index contributed by atoms with van der Waals surface area (Å²) in [4.78, 5) is 16.4. The zero-order valence-electron chi connectivity index (χ0n) is 15.2. The van der Waals surface area contributed by atoms with E-state index >= 15 is 0 Å². The Morgan fingerprint density at radius 2 is 1.73 bits per heavy atom. The van der Waals surface area contributed by atoms with Gasteiger partial charge in [-0.15, -0.1) is 0 Å². The second-order valence-electron chi connectivity index (χ2n) is 6.35. The summed E-state index contributed by atoms with van der Waals surface area (Å²) in [7, 11) is 3.22. The molecule has 2 heterocycles. The quantitative estimate of drug-likeness (QED) is 0.799. The lowest BCUT2D eigenvalue weighted by molar-refractivity contribution is -0.142. The van der Waals surface area contributed by atoms with Gasteiger partial charge in [0.1, 0.15) is 17.6 Å². The summed E-state index contributed by atoms with van der Waals surface area (Å²) in [6, 6.07) is 5.54. The van der Waals surface area contributed by atoms with Crippen LogP contribution in [0, 0.1) is 0 Å². The summed E-state index contributed by atoms with van der Waals surface area (Å²) >= 11 is 5.53. The van der Waals surface area contributed by atoms with Crippen molar-refractivity contribution >= 4 is 28.9 Å². The van der Waals surface area contributed by atoms with Crippen molar-refractivity contribution in [2.24, 2.45) is 0 Å². The fraction of sp³-hybridized carbons (Fsp3) is 0.556. The van der Waals surface area contributed by atoms with E-state index in [1.807, 2.05) is 23.1 Å². The van der Waals surface area contributed by atoms with Crippen molar-refractivity contribution in [3.8, 4) is 11.5 Å². The van der Waals surface area contributed by atoms with Crippen molar-refractivity contribution in [1.29, 1.82) is 0 Å². The Labute approximate surface area is 159 Å². The normalized spacial score (nSPS) is 20.0.